The molecule has 0 rings (SSSR count). The van der Waals surface area contributed by atoms with Crippen LogP contribution < -0.4 is 0 Å². The molecule has 74 valence electrons. The third-order valence-electron chi connectivity index (χ3n) is 0. The molecule has 0 aromatic carbocycles. The second kappa shape index (κ2) is 39.1. The van der Waals surface area contributed by atoms with E-state index in [1.165, 1.54) is 0 Å². The van der Waals surface area contributed by atoms with Crippen molar-refractivity contribution >= 4 is 83.9 Å². The monoisotopic (exact) mass is 640 g/mol. The third-order valence-corrected chi connectivity index (χ3v) is 0. The van der Waals surface area contributed by atoms with E-state index in [9.17, 15) is 0 Å². The molecule has 0 N–H and O–H groups in total. The summed E-state index contributed by atoms with van der Waals surface area (Å²) in [5.74, 6) is 0. The predicted octanol–water partition coefficient (Wildman–Crippen LogP) is 6.45. The van der Waals surface area contributed by atoms with Crippen LogP contribution in [0, 0.1) is 0 Å². The molecule has 0 aromatic heterocycles. The van der Waals surface area contributed by atoms with Crippen molar-refractivity contribution in [2.45, 2.75) is 37.1 Å². The van der Waals surface area contributed by atoms with Gasteiger partial charge in [-0.2, -0.15) is 0 Å². The van der Waals surface area contributed by atoms with Crippen LogP contribution in [0.4, 0.5) is 0 Å². The van der Waals surface area contributed by atoms with Gasteiger partial charge in [-0.25, -0.2) is 0 Å². The van der Waals surface area contributed by atoms with Gasteiger partial charge < -0.3 is 0 Å². The Morgan fingerprint density at radius 3 is 0.600 bits per heavy atom. The molecular formula is C5H21I4V. The normalized spacial score (nSPS) is 3.60. The number of hydrogen-bond acceptors (Lipinski definition) is 0. The molecule has 0 unspecified atom stereocenters. The van der Waals surface area contributed by atoms with Crippen LogP contribution in [0.2, 0.25) is 0 Å². The molecule has 0 bridgehead atoms. The van der Waals surface area contributed by atoms with Gasteiger partial charge in [0.15, 0.2) is 0 Å². The molecular weight excluding hydrogens is 619 g/mol. The standard InChI is InChI=1S/5CH4.4HI.V/h5*1H4;4*1H;/q;;;;;;;;;+3/p-3. The van der Waals surface area contributed by atoms with E-state index in [0.29, 0.717) is 0 Å². The summed E-state index contributed by atoms with van der Waals surface area (Å²) in [7, 11) is 0. The van der Waals surface area contributed by atoms with Crippen LogP contribution in [0.3, 0.4) is 0 Å². The van der Waals surface area contributed by atoms with E-state index in [1.54, 1.807) is 0 Å². The van der Waals surface area contributed by atoms with E-state index in [2.05, 4.69) is 59.9 Å². The van der Waals surface area contributed by atoms with Gasteiger partial charge in [0.1, 0.15) is 0 Å². The molecule has 0 aliphatic carbocycles. The molecule has 0 radical (unpaired) electrons. The van der Waals surface area contributed by atoms with Gasteiger partial charge in [-0.05, 0) is 0 Å². The van der Waals surface area contributed by atoms with Crippen molar-refractivity contribution in [3.05, 3.63) is 0 Å². The Morgan fingerprint density at radius 2 is 0.600 bits per heavy atom. The Kier molecular flexibility index (Phi) is 195. The van der Waals surface area contributed by atoms with Crippen molar-refractivity contribution in [2.24, 2.45) is 0 Å². The first-order valence-electron chi connectivity index (χ1n) is 0.507. The minimum atomic E-state index is -0.278. The first-order chi connectivity index (χ1) is 1.73. The number of rotatable bonds is 0. The van der Waals surface area contributed by atoms with Crippen molar-refractivity contribution in [1.82, 2.24) is 0 Å². The van der Waals surface area contributed by atoms with Crippen LogP contribution in [0.5, 0.6) is 0 Å². The van der Waals surface area contributed by atoms with Crippen LogP contribution in [-0.4, -0.2) is 0 Å². The molecule has 0 saturated carbocycles. The van der Waals surface area contributed by atoms with Crippen LogP contribution in [0.1, 0.15) is 37.1 Å². The molecule has 0 nitrogen and oxygen atoms in total. The molecule has 0 spiro atoms. The minimum absolute atomic E-state index is 0. The van der Waals surface area contributed by atoms with E-state index >= 15 is 0 Å². The van der Waals surface area contributed by atoms with Crippen LogP contribution in [0.25, 0.3) is 0 Å². The van der Waals surface area contributed by atoms with Gasteiger partial charge in [0.25, 0.3) is 0 Å². The Labute approximate surface area is 123 Å². The van der Waals surface area contributed by atoms with Gasteiger partial charge >= 0.3 is 64.9 Å². The molecule has 0 aliphatic rings. The summed E-state index contributed by atoms with van der Waals surface area (Å²) in [6, 6.07) is 0. The van der Waals surface area contributed by atoms with Gasteiger partial charge in [0.2, 0.25) is 0 Å². The molecule has 10 heavy (non-hydrogen) atoms. The molecule has 0 atom stereocenters. The van der Waals surface area contributed by atoms with Gasteiger partial charge in [-0.15, -0.1) is 24.0 Å². The summed E-state index contributed by atoms with van der Waals surface area (Å²) in [6.07, 6.45) is 0. The summed E-state index contributed by atoms with van der Waals surface area (Å²) in [5.41, 5.74) is 0. The van der Waals surface area contributed by atoms with Crippen molar-refractivity contribution in [2.75, 3.05) is 0 Å². The Morgan fingerprint density at radius 1 is 0.600 bits per heavy atom. The maximum absolute atomic E-state index is 2.46. The van der Waals surface area contributed by atoms with Crippen molar-refractivity contribution in [1.29, 1.82) is 0 Å². The summed E-state index contributed by atoms with van der Waals surface area (Å²) in [4.78, 5) is -0.278. The second-order valence-corrected chi connectivity index (χ2v) is 35.6. The molecule has 0 aliphatic heterocycles. The van der Waals surface area contributed by atoms with E-state index < -0.39 is 0 Å². The van der Waals surface area contributed by atoms with E-state index in [-0.39, 0.29) is 66.0 Å². The fraction of sp³-hybridized carbons (Fsp3) is 1.00. The van der Waals surface area contributed by atoms with Gasteiger partial charge in [-0.3, -0.25) is 0 Å². The first kappa shape index (κ1) is 49.9. The zero-order valence-corrected chi connectivity index (χ0v) is 12.2. The fourth-order valence-electron chi connectivity index (χ4n) is 0. The van der Waals surface area contributed by atoms with Crippen LogP contribution in [-0.2, 0) is 4.92 Å². The molecule has 0 fully saturated rings. The molecule has 5 heteroatoms. The van der Waals surface area contributed by atoms with Crippen molar-refractivity contribution in [3.63, 3.8) is 0 Å². The van der Waals surface area contributed by atoms with Crippen LogP contribution >= 0.6 is 83.9 Å². The van der Waals surface area contributed by atoms with E-state index in [0.717, 1.165) is 0 Å². The summed E-state index contributed by atoms with van der Waals surface area (Å²) >= 11 is 7.39. The summed E-state index contributed by atoms with van der Waals surface area (Å²) < 4.78 is 0. The fourth-order valence-corrected chi connectivity index (χ4v) is 0. The zero-order chi connectivity index (χ0) is 3.58. The molecule has 0 heterocycles. The molecule has 0 aromatic rings. The maximum atomic E-state index is 2.46. The average molecular weight is 640 g/mol. The Bertz CT molecular complexity index is 18.4. The van der Waals surface area contributed by atoms with E-state index in [4.69, 9.17) is 0 Å². The van der Waals surface area contributed by atoms with Gasteiger partial charge in [0.05, 0.1) is 0 Å². The third kappa shape index (κ3) is 103. The molecule has 0 amide bonds. The quantitative estimate of drug-likeness (QED) is 0.267. The summed E-state index contributed by atoms with van der Waals surface area (Å²) in [5, 5.41) is 0. The SMILES string of the molecule is C.C.C.C.C.I.[I][V]([I])[I]. The number of halogens is 4. The van der Waals surface area contributed by atoms with Crippen molar-refractivity contribution in [3.8, 4) is 0 Å². The zero-order valence-electron chi connectivity index (χ0n) is 1.99. The number of hydrogen-bond donors (Lipinski definition) is 0. The second-order valence-electron chi connectivity index (χ2n) is 0.192. The van der Waals surface area contributed by atoms with Gasteiger partial charge in [-0.1, -0.05) is 37.1 Å². The predicted molar refractivity (Wildman–Crippen MR) is 91.1 cm³/mol. The van der Waals surface area contributed by atoms with Crippen LogP contribution in [0.15, 0.2) is 0 Å². The Hall–Kier alpha value is 3.50. The van der Waals surface area contributed by atoms with Gasteiger partial charge in [0, 0.05) is 0 Å². The topological polar surface area (TPSA) is 0 Å². The van der Waals surface area contributed by atoms with Crippen molar-refractivity contribution < 1.29 is 4.92 Å². The molecule has 0 saturated heterocycles. The Balaban J connectivity index is -0.00000000300. The first-order valence-corrected chi connectivity index (χ1v) is 14.0. The van der Waals surface area contributed by atoms with E-state index in [1.807, 2.05) is 0 Å². The summed E-state index contributed by atoms with van der Waals surface area (Å²) in [6.45, 7) is 0. The average Bonchev–Trinajstić information content (AvgIpc) is 0.811.